The largest absolute Gasteiger partial charge is 0.354 e. The first kappa shape index (κ1) is 30.3. The van der Waals surface area contributed by atoms with Gasteiger partial charge in [0.15, 0.2) is 0 Å². The predicted octanol–water partition coefficient (Wildman–Crippen LogP) is 8.52. The summed E-state index contributed by atoms with van der Waals surface area (Å²) in [5.74, 6) is 0. The molecule has 9 heterocycles. The van der Waals surface area contributed by atoms with Crippen molar-refractivity contribution in [3.63, 3.8) is 0 Å². The second kappa shape index (κ2) is 12.9. The average molecular weight is 643 g/mol. The number of nitrogens with zero attached hydrogens (tertiary/aromatic N) is 6. The zero-order valence-electron chi connectivity index (χ0n) is 26.2. The summed E-state index contributed by atoms with van der Waals surface area (Å²) >= 11 is 0. The average Bonchev–Trinajstić information content (AvgIpc) is 3.98. The van der Waals surface area contributed by atoms with E-state index in [0.29, 0.717) is 0 Å². The van der Waals surface area contributed by atoms with Gasteiger partial charge in [-0.1, -0.05) is 0 Å². The summed E-state index contributed by atoms with van der Waals surface area (Å²) < 4.78 is 0. The van der Waals surface area contributed by atoms with Gasteiger partial charge in [0.25, 0.3) is 0 Å². The Labute approximate surface area is 297 Å². The van der Waals surface area contributed by atoms with Crippen LogP contribution in [0.3, 0.4) is 0 Å². The van der Waals surface area contributed by atoms with E-state index in [-0.39, 0.29) is 23.1 Å². The lowest BCUT2D eigenvalue weighted by Crippen LogP contribution is -1.90. The molecule has 49 heavy (non-hydrogen) atoms. The van der Waals surface area contributed by atoms with E-state index in [2.05, 4.69) is 78.5 Å². The zero-order chi connectivity index (χ0) is 31.9. The Morgan fingerprint density at radius 2 is 0.531 bits per heavy atom. The summed E-state index contributed by atoms with van der Waals surface area (Å²) in [7, 11) is 0. The molecular formula is C40H26MgN8. The summed E-state index contributed by atoms with van der Waals surface area (Å²) in [6, 6.07) is 24.6. The molecule has 7 aromatic heterocycles. The third-order valence-electron chi connectivity index (χ3n) is 8.63. The number of aromatic amines is 2. The number of pyridine rings is 4. The van der Waals surface area contributed by atoms with Crippen LogP contribution in [0.15, 0.2) is 122 Å². The monoisotopic (exact) mass is 642 g/mol. The molecule has 228 valence electrons. The predicted molar refractivity (Wildman–Crippen MR) is 198 cm³/mol. The van der Waals surface area contributed by atoms with Gasteiger partial charge in [-0.05, 0) is 119 Å². The Morgan fingerprint density at radius 3 is 0.755 bits per heavy atom. The second-order valence-electron chi connectivity index (χ2n) is 11.4. The molecule has 0 saturated heterocycles. The fourth-order valence-electron chi connectivity index (χ4n) is 6.49. The van der Waals surface area contributed by atoms with E-state index in [1.807, 2.05) is 98.1 Å². The molecule has 0 fully saturated rings. The highest BCUT2D eigenvalue weighted by Crippen LogP contribution is 2.37. The number of fused-ring (bicyclic) bond motifs is 8. The Bertz CT molecular complexity index is 2190. The van der Waals surface area contributed by atoms with Crippen LogP contribution in [0.1, 0.15) is 22.8 Å². The first-order valence-corrected chi connectivity index (χ1v) is 15.6. The number of nitrogens with one attached hydrogen (secondary N) is 2. The van der Waals surface area contributed by atoms with E-state index in [0.717, 1.165) is 89.4 Å². The second-order valence-corrected chi connectivity index (χ2v) is 11.4. The number of aromatic nitrogens is 8. The Hall–Kier alpha value is -6.03. The van der Waals surface area contributed by atoms with E-state index in [1.54, 1.807) is 0 Å². The third-order valence-corrected chi connectivity index (χ3v) is 8.63. The Balaban J connectivity index is 0.00000348. The molecule has 0 unspecified atom stereocenters. The van der Waals surface area contributed by atoms with Crippen LogP contribution in [-0.4, -0.2) is 62.9 Å². The lowest BCUT2D eigenvalue weighted by molar-refractivity contribution is 1.29. The fourth-order valence-corrected chi connectivity index (χ4v) is 6.49. The van der Waals surface area contributed by atoms with Crippen molar-refractivity contribution in [2.75, 3.05) is 0 Å². The highest BCUT2D eigenvalue weighted by molar-refractivity contribution is 5.99. The van der Waals surface area contributed by atoms with E-state index in [4.69, 9.17) is 9.97 Å². The van der Waals surface area contributed by atoms with Gasteiger partial charge in [-0.3, -0.25) is 19.9 Å². The lowest BCUT2D eigenvalue weighted by atomic mass is 10.1. The number of rotatable bonds is 4. The Kier molecular flexibility index (Phi) is 7.96. The smallest absolute Gasteiger partial charge is 0.0737 e. The first-order valence-electron chi connectivity index (χ1n) is 15.6. The molecule has 8 bridgehead atoms. The molecule has 0 aromatic carbocycles. The summed E-state index contributed by atoms with van der Waals surface area (Å²) in [6.07, 6.45) is 22.8. The number of H-pyrrole nitrogens is 2. The first-order chi connectivity index (χ1) is 23.8. The van der Waals surface area contributed by atoms with E-state index < -0.39 is 0 Å². The van der Waals surface area contributed by atoms with Crippen LogP contribution in [0.25, 0.3) is 90.9 Å². The molecule has 0 atom stereocenters. The molecule has 2 aliphatic rings. The van der Waals surface area contributed by atoms with Gasteiger partial charge in [-0.15, -0.1) is 0 Å². The van der Waals surface area contributed by atoms with Gasteiger partial charge in [-0.2, -0.15) is 0 Å². The highest BCUT2D eigenvalue weighted by Gasteiger charge is 2.18. The van der Waals surface area contributed by atoms with Crippen molar-refractivity contribution >= 4 is 69.4 Å². The molecular weight excluding hydrogens is 617 g/mol. The standard InChI is InChI=1S/C40H26N8.Mg/c1-2-30-38(26-11-19-42-20-12-26)32-5-6-34(47-32)40(28-15-23-44-24-16-28)36-8-7-35(48-36)39(27-13-21-43-22-14-27)33-4-3-31(46-33)37(29(1)45-30)25-9-17-41-18-10-25;/h1-24,45,48H;. The normalized spacial score (nSPS) is 11.8. The van der Waals surface area contributed by atoms with Crippen molar-refractivity contribution in [2.24, 2.45) is 0 Å². The number of hydrogen-bond donors (Lipinski definition) is 2. The maximum Gasteiger partial charge on any atom is 0.0737 e. The van der Waals surface area contributed by atoms with Crippen LogP contribution in [0.5, 0.6) is 0 Å². The summed E-state index contributed by atoms with van der Waals surface area (Å²) in [6.45, 7) is 0. The van der Waals surface area contributed by atoms with Crippen molar-refractivity contribution in [3.05, 3.63) is 145 Å². The fraction of sp³-hybridized carbons (Fsp3) is 0. The zero-order valence-corrected chi connectivity index (χ0v) is 27.7. The van der Waals surface area contributed by atoms with Crippen LogP contribution in [0, 0.1) is 0 Å². The SMILES string of the molecule is C1=Cc2nc1c(-c1ccncc1)c1ccc([nH]1)c(-c1ccncc1)c1nc(c(-c3ccncc3)c3ccc([nH]3)c2-c2ccncc2)C=C1.[Mg]. The van der Waals surface area contributed by atoms with Crippen LogP contribution in [0.4, 0.5) is 0 Å². The molecule has 2 aliphatic heterocycles. The molecule has 8 nitrogen and oxygen atoms in total. The van der Waals surface area contributed by atoms with Crippen molar-refractivity contribution in [1.82, 2.24) is 39.9 Å². The molecule has 0 amide bonds. The van der Waals surface area contributed by atoms with Crippen molar-refractivity contribution in [3.8, 4) is 44.5 Å². The minimum absolute atomic E-state index is 0. The minimum atomic E-state index is 0. The van der Waals surface area contributed by atoms with Gasteiger partial charge < -0.3 is 9.97 Å². The van der Waals surface area contributed by atoms with Crippen molar-refractivity contribution in [2.45, 2.75) is 0 Å². The molecule has 9 rings (SSSR count). The summed E-state index contributed by atoms with van der Waals surface area (Å²) in [5, 5.41) is 0. The molecule has 0 spiro atoms. The van der Waals surface area contributed by atoms with Gasteiger partial charge in [0.2, 0.25) is 0 Å². The molecule has 9 heteroatoms. The van der Waals surface area contributed by atoms with E-state index >= 15 is 0 Å². The van der Waals surface area contributed by atoms with Crippen molar-refractivity contribution < 1.29 is 0 Å². The minimum Gasteiger partial charge on any atom is -0.354 e. The summed E-state index contributed by atoms with van der Waals surface area (Å²) in [5.41, 5.74) is 15.0. The molecule has 2 N–H and O–H groups in total. The third kappa shape index (κ3) is 5.54. The summed E-state index contributed by atoms with van der Waals surface area (Å²) in [4.78, 5) is 35.2. The molecule has 2 radical (unpaired) electrons. The van der Waals surface area contributed by atoms with Crippen LogP contribution in [-0.2, 0) is 0 Å². The molecule has 0 aliphatic carbocycles. The maximum absolute atomic E-state index is 5.29. The van der Waals surface area contributed by atoms with Crippen LogP contribution < -0.4 is 0 Å². The van der Waals surface area contributed by atoms with Crippen LogP contribution >= 0.6 is 0 Å². The van der Waals surface area contributed by atoms with Gasteiger partial charge in [-0.25, -0.2) is 9.97 Å². The lowest BCUT2D eigenvalue weighted by Gasteiger charge is -2.06. The van der Waals surface area contributed by atoms with Gasteiger partial charge in [0.1, 0.15) is 0 Å². The maximum atomic E-state index is 5.29. The topological polar surface area (TPSA) is 109 Å². The number of hydrogen-bond acceptors (Lipinski definition) is 6. The van der Waals surface area contributed by atoms with Gasteiger partial charge >= 0.3 is 0 Å². The highest BCUT2D eigenvalue weighted by atomic mass is 24.3. The van der Waals surface area contributed by atoms with Gasteiger partial charge in [0, 0.05) is 117 Å². The van der Waals surface area contributed by atoms with Crippen LogP contribution in [0.2, 0.25) is 0 Å². The molecule has 0 saturated carbocycles. The molecule has 7 aromatic rings. The van der Waals surface area contributed by atoms with E-state index in [1.165, 1.54) is 0 Å². The van der Waals surface area contributed by atoms with E-state index in [9.17, 15) is 0 Å². The quantitative estimate of drug-likeness (QED) is 0.186. The van der Waals surface area contributed by atoms with Gasteiger partial charge in [0.05, 0.1) is 22.8 Å². The van der Waals surface area contributed by atoms with Crippen molar-refractivity contribution in [1.29, 1.82) is 0 Å². The Morgan fingerprint density at radius 1 is 0.306 bits per heavy atom.